The third-order valence-electron chi connectivity index (χ3n) is 3.88. The van der Waals surface area contributed by atoms with Crippen molar-refractivity contribution in [3.05, 3.63) is 34.1 Å². The van der Waals surface area contributed by atoms with Gasteiger partial charge in [-0.05, 0) is 36.6 Å². The molecule has 1 atom stereocenters. The standard InChI is InChI=1S/C16H23BrFN3O.HI/c1-19-16(21-8-6-12(10-21)11-22-2)20-7-5-13-9-14(17)3-4-15(13)18;/h3-4,9,12H,5-8,10-11H2,1-2H3,(H,19,20);1H. The molecule has 0 amide bonds. The van der Waals surface area contributed by atoms with Crippen LogP contribution in [0, 0.1) is 11.7 Å². The molecule has 130 valence electrons. The highest BCUT2D eigenvalue weighted by atomic mass is 127. The molecule has 1 aromatic carbocycles. The summed E-state index contributed by atoms with van der Waals surface area (Å²) < 4.78 is 19.8. The van der Waals surface area contributed by atoms with Gasteiger partial charge in [0.15, 0.2) is 5.96 Å². The van der Waals surface area contributed by atoms with Gasteiger partial charge in [-0.3, -0.25) is 4.99 Å². The Labute approximate surface area is 163 Å². The first-order chi connectivity index (χ1) is 10.6. The Morgan fingerprint density at radius 2 is 2.30 bits per heavy atom. The number of nitrogens with zero attached hydrogens (tertiary/aromatic N) is 2. The summed E-state index contributed by atoms with van der Waals surface area (Å²) in [7, 11) is 3.52. The molecular formula is C16H24BrFIN3O. The fourth-order valence-electron chi connectivity index (χ4n) is 2.77. The minimum Gasteiger partial charge on any atom is -0.384 e. The molecule has 1 fully saturated rings. The molecule has 0 aliphatic carbocycles. The summed E-state index contributed by atoms with van der Waals surface area (Å²) in [5, 5.41) is 3.32. The zero-order valence-corrected chi connectivity index (χ0v) is 17.4. The van der Waals surface area contributed by atoms with Gasteiger partial charge in [-0.25, -0.2) is 4.39 Å². The predicted octanol–water partition coefficient (Wildman–Crippen LogP) is 3.29. The Morgan fingerprint density at radius 3 is 3.00 bits per heavy atom. The van der Waals surface area contributed by atoms with Crippen molar-refractivity contribution in [2.75, 3.05) is 40.4 Å². The van der Waals surface area contributed by atoms with Crippen molar-refractivity contribution in [2.24, 2.45) is 10.9 Å². The molecule has 7 heteroatoms. The van der Waals surface area contributed by atoms with Crippen molar-refractivity contribution >= 4 is 45.9 Å². The van der Waals surface area contributed by atoms with E-state index in [9.17, 15) is 4.39 Å². The van der Waals surface area contributed by atoms with Crippen molar-refractivity contribution in [1.82, 2.24) is 10.2 Å². The topological polar surface area (TPSA) is 36.9 Å². The number of guanidine groups is 1. The molecule has 0 spiro atoms. The van der Waals surface area contributed by atoms with Gasteiger partial charge < -0.3 is 15.0 Å². The van der Waals surface area contributed by atoms with Gasteiger partial charge in [0.2, 0.25) is 0 Å². The molecule has 0 saturated carbocycles. The van der Waals surface area contributed by atoms with Crippen molar-refractivity contribution in [1.29, 1.82) is 0 Å². The van der Waals surface area contributed by atoms with Crippen molar-refractivity contribution in [3.63, 3.8) is 0 Å². The fraction of sp³-hybridized carbons (Fsp3) is 0.562. The molecule has 2 rings (SSSR count). The van der Waals surface area contributed by atoms with E-state index < -0.39 is 0 Å². The molecule has 1 heterocycles. The fourth-order valence-corrected chi connectivity index (χ4v) is 3.18. The first kappa shape index (κ1) is 20.6. The number of hydrogen-bond acceptors (Lipinski definition) is 2. The van der Waals surface area contributed by atoms with Crippen LogP contribution in [-0.2, 0) is 11.2 Å². The molecule has 0 radical (unpaired) electrons. The van der Waals surface area contributed by atoms with E-state index in [1.807, 2.05) is 6.07 Å². The second kappa shape index (κ2) is 10.5. The molecule has 0 bridgehead atoms. The van der Waals surface area contributed by atoms with Crippen molar-refractivity contribution < 1.29 is 9.13 Å². The normalized spacial score (nSPS) is 18.0. The number of rotatable bonds is 5. The van der Waals surface area contributed by atoms with Crippen LogP contribution in [0.2, 0.25) is 0 Å². The van der Waals surface area contributed by atoms with Gasteiger partial charge in [0.25, 0.3) is 0 Å². The molecule has 1 aromatic rings. The molecule has 4 nitrogen and oxygen atoms in total. The van der Waals surface area contributed by atoms with Crippen LogP contribution in [0.5, 0.6) is 0 Å². The van der Waals surface area contributed by atoms with Gasteiger partial charge in [0, 0.05) is 44.2 Å². The zero-order chi connectivity index (χ0) is 15.9. The van der Waals surface area contributed by atoms with E-state index in [-0.39, 0.29) is 29.8 Å². The van der Waals surface area contributed by atoms with Crippen LogP contribution in [0.4, 0.5) is 4.39 Å². The Balaban J connectivity index is 0.00000264. The van der Waals surface area contributed by atoms with E-state index in [0.29, 0.717) is 24.4 Å². The third kappa shape index (κ3) is 6.19. The van der Waals surface area contributed by atoms with Crippen LogP contribution in [0.3, 0.4) is 0 Å². The van der Waals surface area contributed by atoms with E-state index in [4.69, 9.17) is 4.74 Å². The summed E-state index contributed by atoms with van der Waals surface area (Å²) in [5.74, 6) is 1.28. The minimum absolute atomic E-state index is 0. The lowest BCUT2D eigenvalue weighted by Crippen LogP contribution is -2.41. The first-order valence-electron chi connectivity index (χ1n) is 7.52. The summed E-state index contributed by atoms with van der Waals surface area (Å²) in [6.07, 6.45) is 1.74. The van der Waals surface area contributed by atoms with E-state index in [2.05, 4.69) is 31.1 Å². The Bertz CT molecular complexity index is 530. The van der Waals surface area contributed by atoms with Gasteiger partial charge in [-0.2, -0.15) is 0 Å². The lowest BCUT2D eigenvalue weighted by atomic mass is 10.1. The quantitative estimate of drug-likeness (QED) is 0.383. The number of methoxy groups -OCH3 is 1. The number of nitrogens with one attached hydrogen (secondary N) is 1. The number of hydrogen-bond donors (Lipinski definition) is 1. The van der Waals surface area contributed by atoms with Crippen LogP contribution in [-0.4, -0.2) is 51.3 Å². The highest BCUT2D eigenvalue weighted by molar-refractivity contribution is 14.0. The van der Waals surface area contributed by atoms with Crippen LogP contribution < -0.4 is 5.32 Å². The number of ether oxygens (including phenoxy) is 1. The zero-order valence-electron chi connectivity index (χ0n) is 13.5. The average Bonchev–Trinajstić information content (AvgIpc) is 2.96. The number of benzene rings is 1. The lowest BCUT2D eigenvalue weighted by molar-refractivity contribution is 0.157. The van der Waals surface area contributed by atoms with E-state index in [0.717, 1.165) is 36.5 Å². The summed E-state index contributed by atoms with van der Waals surface area (Å²) in [5.41, 5.74) is 0.705. The van der Waals surface area contributed by atoms with E-state index in [1.165, 1.54) is 6.07 Å². The summed E-state index contributed by atoms with van der Waals surface area (Å²) in [6, 6.07) is 5.03. The van der Waals surface area contributed by atoms with Crippen molar-refractivity contribution in [3.8, 4) is 0 Å². The van der Waals surface area contributed by atoms with Gasteiger partial charge in [0.05, 0.1) is 6.61 Å². The van der Waals surface area contributed by atoms with E-state index >= 15 is 0 Å². The number of likely N-dealkylation sites (tertiary alicyclic amines) is 1. The Hall–Kier alpha value is -0.410. The van der Waals surface area contributed by atoms with Gasteiger partial charge in [0.1, 0.15) is 5.82 Å². The van der Waals surface area contributed by atoms with Gasteiger partial charge in [-0.15, -0.1) is 24.0 Å². The molecule has 23 heavy (non-hydrogen) atoms. The molecule has 1 aliphatic rings. The maximum absolute atomic E-state index is 13.7. The highest BCUT2D eigenvalue weighted by Crippen LogP contribution is 2.17. The Kier molecular flexibility index (Phi) is 9.38. The maximum atomic E-state index is 13.7. The predicted molar refractivity (Wildman–Crippen MR) is 106 cm³/mol. The monoisotopic (exact) mass is 499 g/mol. The molecule has 1 saturated heterocycles. The maximum Gasteiger partial charge on any atom is 0.193 e. The van der Waals surface area contributed by atoms with Crippen LogP contribution in [0.1, 0.15) is 12.0 Å². The summed E-state index contributed by atoms with van der Waals surface area (Å²) in [4.78, 5) is 6.56. The average molecular weight is 500 g/mol. The Morgan fingerprint density at radius 1 is 1.52 bits per heavy atom. The smallest absolute Gasteiger partial charge is 0.193 e. The molecule has 0 aromatic heterocycles. The number of aliphatic imine (C=N–C) groups is 1. The second-order valence-corrected chi connectivity index (χ2v) is 6.43. The van der Waals surface area contributed by atoms with Crippen LogP contribution in [0.25, 0.3) is 0 Å². The van der Waals surface area contributed by atoms with E-state index in [1.54, 1.807) is 20.2 Å². The third-order valence-corrected chi connectivity index (χ3v) is 4.38. The summed E-state index contributed by atoms with van der Waals surface area (Å²) >= 11 is 3.38. The van der Waals surface area contributed by atoms with Crippen molar-refractivity contribution in [2.45, 2.75) is 12.8 Å². The minimum atomic E-state index is -0.165. The molecule has 1 aliphatic heterocycles. The highest BCUT2D eigenvalue weighted by Gasteiger charge is 2.24. The second-order valence-electron chi connectivity index (χ2n) is 5.52. The number of halogens is 3. The first-order valence-corrected chi connectivity index (χ1v) is 8.31. The van der Waals surface area contributed by atoms with Crippen LogP contribution in [0.15, 0.2) is 27.7 Å². The molecular weight excluding hydrogens is 476 g/mol. The SMILES string of the molecule is CN=C(NCCc1cc(Br)ccc1F)N1CCC(COC)C1.I. The molecule has 1 unspecified atom stereocenters. The van der Waals surface area contributed by atoms with Gasteiger partial charge in [-0.1, -0.05) is 15.9 Å². The van der Waals surface area contributed by atoms with Gasteiger partial charge >= 0.3 is 0 Å². The lowest BCUT2D eigenvalue weighted by Gasteiger charge is -2.21. The van der Waals surface area contributed by atoms with Crippen LogP contribution >= 0.6 is 39.9 Å². The molecule has 1 N–H and O–H groups in total. The largest absolute Gasteiger partial charge is 0.384 e. The summed E-state index contributed by atoms with van der Waals surface area (Å²) in [6.45, 7) is 3.39.